The fourth-order valence-corrected chi connectivity index (χ4v) is 6.40. The first-order valence-corrected chi connectivity index (χ1v) is 13.5. The summed E-state index contributed by atoms with van der Waals surface area (Å²) in [5.74, 6) is 1.73. The van der Waals surface area contributed by atoms with E-state index in [1.807, 2.05) is 17.0 Å². The molecule has 0 aromatic heterocycles. The first-order valence-electron chi connectivity index (χ1n) is 13.5. The maximum absolute atomic E-state index is 13.1. The third kappa shape index (κ3) is 5.89. The van der Waals surface area contributed by atoms with Gasteiger partial charge in [0.15, 0.2) is 0 Å². The van der Waals surface area contributed by atoms with Crippen LogP contribution in [-0.2, 0) is 30.5 Å². The number of amides is 1. The molecule has 0 bridgehead atoms. The van der Waals surface area contributed by atoms with E-state index in [0.717, 1.165) is 50.7 Å². The molecule has 1 aliphatic carbocycles. The molecule has 3 aliphatic rings. The largest absolute Gasteiger partial charge is 0.342 e. The molecule has 2 saturated heterocycles. The van der Waals surface area contributed by atoms with Gasteiger partial charge in [-0.25, -0.2) is 4.39 Å². The Morgan fingerprint density at radius 1 is 0.824 bits per heavy atom. The van der Waals surface area contributed by atoms with Crippen molar-refractivity contribution in [2.75, 3.05) is 32.7 Å². The van der Waals surface area contributed by atoms with Gasteiger partial charge < -0.3 is 9.80 Å². The molecule has 1 unspecified atom stereocenters. The molecule has 0 N–H and O–H groups in total. The van der Waals surface area contributed by atoms with Crippen molar-refractivity contribution in [3.05, 3.63) is 70.5 Å². The molecule has 0 radical (unpaired) electrons. The van der Waals surface area contributed by atoms with Crippen molar-refractivity contribution in [2.45, 2.75) is 64.2 Å². The van der Waals surface area contributed by atoms with E-state index in [0.29, 0.717) is 12.3 Å². The van der Waals surface area contributed by atoms with Crippen molar-refractivity contribution in [2.24, 2.45) is 11.8 Å². The fourth-order valence-electron chi connectivity index (χ4n) is 6.40. The summed E-state index contributed by atoms with van der Waals surface area (Å²) in [6.07, 6.45) is 11.4. The maximum atomic E-state index is 13.1. The maximum Gasteiger partial charge on any atom is 0.226 e. The summed E-state index contributed by atoms with van der Waals surface area (Å²) in [5.41, 5.74) is 5.44. The van der Waals surface area contributed by atoms with E-state index < -0.39 is 0 Å². The molecule has 1 amide bonds. The van der Waals surface area contributed by atoms with Crippen LogP contribution in [0.2, 0.25) is 0 Å². The van der Waals surface area contributed by atoms with Gasteiger partial charge in [0.25, 0.3) is 0 Å². The van der Waals surface area contributed by atoms with Crippen molar-refractivity contribution in [1.82, 2.24) is 9.80 Å². The molecule has 2 fully saturated rings. The third-order valence-corrected chi connectivity index (χ3v) is 8.52. The molecule has 182 valence electrons. The smallest absolute Gasteiger partial charge is 0.226 e. The quantitative estimate of drug-likeness (QED) is 0.534. The van der Waals surface area contributed by atoms with Crippen molar-refractivity contribution in [1.29, 1.82) is 0 Å². The Balaban J connectivity index is 1.14. The lowest BCUT2D eigenvalue weighted by molar-refractivity contribution is -0.129. The summed E-state index contributed by atoms with van der Waals surface area (Å²) in [7, 11) is 0. The summed E-state index contributed by atoms with van der Waals surface area (Å²) in [6, 6.07) is 13.8. The van der Waals surface area contributed by atoms with E-state index in [2.05, 4.69) is 23.1 Å². The molecule has 2 aromatic rings. The van der Waals surface area contributed by atoms with Crippen LogP contribution in [0.25, 0.3) is 0 Å². The zero-order chi connectivity index (χ0) is 23.3. The van der Waals surface area contributed by atoms with Gasteiger partial charge in [-0.05, 0) is 117 Å². The number of hydrogen-bond acceptors (Lipinski definition) is 2. The standard InChI is InChI=1S/C30H39FN2O/c31-29-10-7-23(8-11-29)12-17-32-18-13-26(14-19-32)27-5-3-4-25-9-6-24(20-28(25)22-27)21-30(34)33-15-1-2-16-33/h6-11,20,26-27H,1-5,12-19,21-22H2. The highest BCUT2D eigenvalue weighted by atomic mass is 19.1. The molecule has 1 atom stereocenters. The number of piperidine rings is 1. The van der Waals surface area contributed by atoms with Crippen LogP contribution in [0.1, 0.15) is 60.8 Å². The first kappa shape index (κ1) is 23.5. The summed E-state index contributed by atoms with van der Waals surface area (Å²) < 4.78 is 13.1. The lowest BCUT2D eigenvalue weighted by atomic mass is 9.79. The number of benzene rings is 2. The number of aryl methyl sites for hydroxylation is 1. The van der Waals surface area contributed by atoms with Crippen molar-refractivity contribution < 1.29 is 9.18 Å². The van der Waals surface area contributed by atoms with Gasteiger partial charge in [-0.15, -0.1) is 0 Å². The molecule has 3 nitrogen and oxygen atoms in total. The Morgan fingerprint density at radius 2 is 1.56 bits per heavy atom. The van der Waals surface area contributed by atoms with E-state index >= 15 is 0 Å². The third-order valence-electron chi connectivity index (χ3n) is 8.52. The van der Waals surface area contributed by atoms with E-state index in [1.54, 1.807) is 12.1 Å². The Bertz CT molecular complexity index is 958. The minimum Gasteiger partial charge on any atom is -0.342 e. The van der Waals surface area contributed by atoms with Gasteiger partial charge in [0.1, 0.15) is 5.82 Å². The van der Waals surface area contributed by atoms with Gasteiger partial charge in [-0.3, -0.25) is 4.79 Å². The Labute approximate surface area is 204 Å². The van der Waals surface area contributed by atoms with Crippen LogP contribution in [0, 0.1) is 17.7 Å². The number of fused-ring (bicyclic) bond motifs is 1. The second-order valence-corrected chi connectivity index (χ2v) is 10.8. The molecular weight excluding hydrogens is 423 g/mol. The number of carbonyl (C=O) groups is 1. The molecular formula is C30H39FN2O. The van der Waals surface area contributed by atoms with E-state index in [9.17, 15) is 9.18 Å². The summed E-state index contributed by atoms with van der Waals surface area (Å²) in [4.78, 5) is 17.3. The topological polar surface area (TPSA) is 23.6 Å². The average Bonchev–Trinajstić information content (AvgIpc) is 3.32. The van der Waals surface area contributed by atoms with Crippen molar-refractivity contribution >= 4 is 5.91 Å². The fraction of sp³-hybridized carbons (Fsp3) is 0.567. The van der Waals surface area contributed by atoms with Gasteiger partial charge in [0, 0.05) is 19.6 Å². The lowest BCUT2D eigenvalue weighted by Gasteiger charge is -2.36. The van der Waals surface area contributed by atoms with Crippen LogP contribution >= 0.6 is 0 Å². The summed E-state index contributed by atoms with van der Waals surface area (Å²) in [6.45, 7) is 5.31. The van der Waals surface area contributed by atoms with Crippen LogP contribution in [0.5, 0.6) is 0 Å². The van der Waals surface area contributed by atoms with Crippen LogP contribution in [-0.4, -0.2) is 48.4 Å². The Kier molecular flexibility index (Phi) is 7.63. The minimum atomic E-state index is -0.153. The SMILES string of the molecule is O=C(Cc1ccc2c(c1)CC(C1CCN(CCc3ccc(F)cc3)CC1)CCC2)N1CCCC1. The highest BCUT2D eigenvalue weighted by Gasteiger charge is 2.28. The molecule has 2 heterocycles. The van der Waals surface area contributed by atoms with Crippen LogP contribution < -0.4 is 0 Å². The van der Waals surface area contributed by atoms with Crippen LogP contribution in [0.3, 0.4) is 0 Å². The lowest BCUT2D eigenvalue weighted by Crippen LogP contribution is -2.37. The van der Waals surface area contributed by atoms with E-state index in [1.165, 1.54) is 73.9 Å². The van der Waals surface area contributed by atoms with Crippen LogP contribution in [0.15, 0.2) is 42.5 Å². The van der Waals surface area contributed by atoms with Crippen molar-refractivity contribution in [3.63, 3.8) is 0 Å². The number of rotatable bonds is 6. The summed E-state index contributed by atoms with van der Waals surface area (Å²) >= 11 is 0. The number of carbonyl (C=O) groups excluding carboxylic acids is 1. The van der Waals surface area contributed by atoms with Gasteiger partial charge in [-0.1, -0.05) is 30.3 Å². The predicted molar refractivity (Wildman–Crippen MR) is 135 cm³/mol. The average molecular weight is 463 g/mol. The Morgan fingerprint density at radius 3 is 2.32 bits per heavy atom. The van der Waals surface area contributed by atoms with Gasteiger partial charge in [-0.2, -0.15) is 0 Å². The molecule has 34 heavy (non-hydrogen) atoms. The molecule has 2 aromatic carbocycles. The normalized spacial score (nSPS) is 21.9. The monoisotopic (exact) mass is 462 g/mol. The number of halogens is 1. The number of likely N-dealkylation sites (tertiary alicyclic amines) is 2. The molecule has 4 heteroatoms. The predicted octanol–water partition coefficient (Wildman–Crippen LogP) is 5.44. The first-order chi connectivity index (χ1) is 16.6. The second kappa shape index (κ2) is 11.0. The van der Waals surface area contributed by atoms with Gasteiger partial charge in [0.05, 0.1) is 6.42 Å². The second-order valence-electron chi connectivity index (χ2n) is 10.8. The highest BCUT2D eigenvalue weighted by Crippen LogP contribution is 2.35. The van der Waals surface area contributed by atoms with Crippen molar-refractivity contribution in [3.8, 4) is 0 Å². The molecule has 0 spiro atoms. The Hall–Kier alpha value is -2.20. The molecule has 5 rings (SSSR count). The zero-order valence-electron chi connectivity index (χ0n) is 20.5. The van der Waals surface area contributed by atoms with E-state index in [4.69, 9.17) is 0 Å². The van der Waals surface area contributed by atoms with Gasteiger partial charge in [0.2, 0.25) is 5.91 Å². The summed E-state index contributed by atoms with van der Waals surface area (Å²) in [5, 5.41) is 0. The minimum absolute atomic E-state index is 0.153. The molecule has 0 saturated carbocycles. The molecule has 2 aliphatic heterocycles. The van der Waals surface area contributed by atoms with Gasteiger partial charge >= 0.3 is 0 Å². The highest BCUT2D eigenvalue weighted by molar-refractivity contribution is 5.79. The zero-order valence-corrected chi connectivity index (χ0v) is 20.5. The van der Waals surface area contributed by atoms with E-state index in [-0.39, 0.29) is 5.82 Å². The van der Waals surface area contributed by atoms with Crippen LogP contribution in [0.4, 0.5) is 4.39 Å². The number of nitrogens with zero attached hydrogens (tertiary/aromatic N) is 2. The number of hydrogen-bond donors (Lipinski definition) is 0.